The molecule has 0 N–H and O–H groups in total. The molecule has 0 aliphatic carbocycles. The van der Waals surface area contributed by atoms with Crippen molar-refractivity contribution in [2.75, 3.05) is 6.61 Å². The third-order valence-electron chi connectivity index (χ3n) is 6.20. The molecule has 0 aliphatic rings. The summed E-state index contributed by atoms with van der Waals surface area (Å²) < 4.78 is 26.2. The van der Waals surface area contributed by atoms with Crippen LogP contribution in [-0.2, 0) is 0 Å². The number of hydrogen-bond donors (Lipinski definition) is 0. The molecule has 178 valence electrons. The Morgan fingerprint density at radius 2 is 1.44 bits per heavy atom. The van der Waals surface area contributed by atoms with Crippen molar-refractivity contribution < 1.29 is 13.5 Å². The van der Waals surface area contributed by atoms with Gasteiger partial charge in [-0.1, -0.05) is 76.1 Å². The van der Waals surface area contributed by atoms with Gasteiger partial charge in [-0.2, -0.15) is 0 Å². The largest absolute Gasteiger partial charge is 0.491 e. The number of fused-ring (bicyclic) bond motifs is 1. The van der Waals surface area contributed by atoms with Crippen molar-refractivity contribution in [2.45, 2.75) is 65.2 Å². The minimum absolute atomic E-state index is 0.324. The Labute approximate surface area is 202 Å². The molecule has 4 aromatic rings. The second kappa shape index (κ2) is 11.8. The normalized spacial score (nSPS) is 11.3. The molecule has 3 nitrogen and oxygen atoms in total. The van der Waals surface area contributed by atoms with E-state index >= 15 is 0 Å². The smallest absolute Gasteiger partial charge is 0.227 e. The summed E-state index contributed by atoms with van der Waals surface area (Å²) in [5, 5.41) is 0. The molecule has 0 aliphatic heterocycles. The number of hydrogen-bond acceptors (Lipinski definition) is 3. The molecule has 4 heteroatoms. The monoisotopic (exact) mass is 459 g/mol. The lowest BCUT2D eigenvalue weighted by atomic mass is 10.0. The Morgan fingerprint density at radius 1 is 0.765 bits per heavy atom. The van der Waals surface area contributed by atoms with Crippen LogP contribution in [0, 0.1) is 12.7 Å². The number of unbranched alkanes of at least 4 members (excludes halogenated alkanes) is 7. The highest BCUT2D eigenvalue weighted by atomic mass is 19.1. The quantitative estimate of drug-likeness (QED) is 0.198. The maximum atomic E-state index is 14.6. The van der Waals surface area contributed by atoms with Gasteiger partial charge in [-0.05, 0) is 66.4 Å². The predicted octanol–water partition coefficient (Wildman–Crippen LogP) is 9.13. The van der Waals surface area contributed by atoms with E-state index < -0.39 is 0 Å². The van der Waals surface area contributed by atoms with Crippen molar-refractivity contribution in [2.24, 2.45) is 0 Å². The van der Waals surface area contributed by atoms with Gasteiger partial charge in [0.1, 0.15) is 5.52 Å². The summed E-state index contributed by atoms with van der Waals surface area (Å²) in [7, 11) is 0. The number of benzene rings is 3. The van der Waals surface area contributed by atoms with Crippen molar-refractivity contribution in [1.29, 1.82) is 0 Å². The Hall–Kier alpha value is -3.14. The van der Waals surface area contributed by atoms with Crippen LogP contribution in [0.2, 0.25) is 0 Å². The van der Waals surface area contributed by atoms with Gasteiger partial charge in [-0.25, -0.2) is 9.37 Å². The summed E-state index contributed by atoms with van der Waals surface area (Å²) in [6.07, 6.45) is 9.89. The first kappa shape index (κ1) is 24.0. The number of aryl methyl sites for hydroxylation is 1. The average molecular weight is 460 g/mol. The maximum absolute atomic E-state index is 14.6. The molecule has 0 fully saturated rings. The summed E-state index contributed by atoms with van der Waals surface area (Å²) in [5.74, 6) is 0.587. The zero-order valence-electron chi connectivity index (χ0n) is 20.3. The highest BCUT2D eigenvalue weighted by Gasteiger charge is 2.10. The van der Waals surface area contributed by atoms with Gasteiger partial charge in [0.05, 0.1) is 6.61 Å². The summed E-state index contributed by atoms with van der Waals surface area (Å²) in [6.45, 7) is 4.83. The second-order valence-electron chi connectivity index (χ2n) is 9.04. The molecule has 0 amide bonds. The van der Waals surface area contributed by atoms with Crippen LogP contribution in [0.5, 0.6) is 5.75 Å². The van der Waals surface area contributed by atoms with Gasteiger partial charge in [0, 0.05) is 5.56 Å². The minimum Gasteiger partial charge on any atom is -0.491 e. The van der Waals surface area contributed by atoms with Gasteiger partial charge in [-0.3, -0.25) is 0 Å². The Bertz CT molecular complexity index is 1200. The van der Waals surface area contributed by atoms with Crippen LogP contribution >= 0.6 is 0 Å². The number of halogens is 1. The highest BCUT2D eigenvalue weighted by molar-refractivity contribution is 5.77. The minimum atomic E-state index is -0.324. The van der Waals surface area contributed by atoms with E-state index in [0.29, 0.717) is 18.2 Å². The molecule has 0 spiro atoms. The zero-order chi connectivity index (χ0) is 23.8. The molecular weight excluding hydrogens is 425 g/mol. The molecule has 0 saturated carbocycles. The topological polar surface area (TPSA) is 35.3 Å². The number of aromatic nitrogens is 1. The lowest BCUT2D eigenvalue weighted by molar-refractivity contribution is 0.290. The van der Waals surface area contributed by atoms with E-state index in [4.69, 9.17) is 9.15 Å². The maximum Gasteiger partial charge on any atom is 0.227 e. The van der Waals surface area contributed by atoms with E-state index in [0.717, 1.165) is 46.2 Å². The first-order valence-corrected chi connectivity index (χ1v) is 12.5. The molecule has 0 saturated heterocycles. The Morgan fingerprint density at radius 3 is 2.18 bits per heavy atom. The molecule has 0 unspecified atom stereocenters. The number of oxazole rings is 1. The van der Waals surface area contributed by atoms with E-state index in [9.17, 15) is 4.39 Å². The summed E-state index contributed by atoms with van der Waals surface area (Å²) in [4.78, 5) is 4.59. The number of rotatable bonds is 12. The Kier molecular flexibility index (Phi) is 8.35. The van der Waals surface area contributed by atoms with Gasteiger partial charge in [0.15, 0.2) is 17.1 Å². The van der Waals surface area contributed by atoms with Gasteiger partial charge in [0.25, 0.3) is 0 Å². The van der Waals surface area contributed by atoms with Gasteiger partial charge in [-0.15, -0.1) is 0 Å². The molecular formula is C30H34FNO2. The number of ether oxygens (including phenoxy) is 1. The molecule has 0 atom stereocenters. The lowest BCUT2D eigenvalue weighted by Gasteiger charge is -2.09. The third-order valence-corrected chi connectivity index (χ3v) is 6.20. The first-order valence-electron chi connectivity index (χ1n) is 12.5. The summed E-state index contributed by atoms with van der Waals surface area (Å²) in [6, 6.07) is 19.0. The van der Waals surface area contributed by atoms with Crippen LogP contribution in [0.15, 0.2) is 65.1 Å². The standard InChI is InChI=1S/C30H34FNO2/c1-3-4-5-6-7-8-9-10-19-33-28-18-16-25(21-26(28)31)23-12-14-24(15-13-23)30-32-27-20-22(2)11-17-29(27)34-30/h11-18,20-21H,3-10,19H2,1-2H3. The number of nitrogens with zero attached hydrogens (tertiary/aromatic N) is 1. The zero-order valence-corrected chi connectivity index (χ0v) is 20.3. The average Bonchev–Trinajstić information content (AvgIpc) is 3.27. The van der Waals surface area contributed by atoms with E-state index in [1.54, 1.807) is 12.1 Å². The van der Waals surface area contributed by atoms with Crippen LogP contribution in [0.25, 0.3) is 33.7 Å². The van der Waals surface area contributed by atoms with Crippen molar-refractivity contribution >= 4 is 11.1 Å². The highest BCUT2D eigenvalue weighted by Crippen LogP contribution is 2.29. The van der Waals surface area contributed by atoms with Crippen molar-refractivity contribution in [3.63, 3.8) is 0 Å². The first-order chi connectivity index (χ1) is 16.6. The van der Waals surface area contributed by atoms with Crippen molar-refractivity contribution in [1.82, 2.24) is 4.98 Å². The predicted molar refractivity (Wildman–Crippen MR) is 138 cm³/mol. The fraction of sp³-hybridized carbons (Fsp3) is 0.367. The van der Waals surface area contributed by atoms with Crippen LogP contribution in [-0.4, -0.2) is 11.6 Å². The van der Waals surface area contributed by atoms with Crippen LogP contribution in [0.1, 0.15) is 63.9 Å². The van der Waals surface area contributed by atoms with Crippen molar-refractivity contribution in [3.05, 3.63) is 72.0 Å². The van der Waals surface area contributed by atoms with Gasteiger partial charge >= 0.3 is 0 Å². The molecule has 1 heterocycles. The van der Waals surface area contributed by atoms with E-state index in [1.165, 1.54) is 38.5 Å². The summed E-state index contributed by atoms with van der Waals surface area (Å²) in [5.41, 5.74) is 5.41. The van der Waals surface area contributed by atoms with E-state index in [1.807, 2.05) is 55.5 Å². The molecule has 4 rings (SSSR count). The lowest BCUT2D eigenvalue weighted by Crippen LogP contribution is -1.99. The van der Waals surface area contributed by atoms with Crippen molar-refractivity contribution in [3.8, 4) is 28.3 Å². The second-order valence-corrected chi connectivity index (χ2v) is 9.04. The van der Waals surface area contributed by atoms with Crippen LogP contribution < -0.4 is 4.74 Å². The SMILES string of the molecule is CCCCCCCCCCOc1ccc(-c2ccc(-c3nc4cc(C)ccc4o3)cc2)cc1F. The van der Waals surface area contributed by atoms with Gasteiger partial charge in [0.2, 0.25) is 5.89 Å². The Balaban J connectivity index is 1.30. The van der Waals surface area contributed by atoms with Crippen LogP contribution in [0.4, 0.5) is 4.39 Å². The fourth-order valence-corrected chi connectivity index (χ4v) is 4.18. The molecule has 1 aromatic heterocycles. The molecule has 3 aromatic carbocycles. The van der Waals surface area contributed by atoms with E-state index in [-0.39, 0.29) is 5.82 Å². The van der Waals surface area contributed by atoms with E-state index in [2.05, 4.69) is 11.9 Å². The van der Waals surface area contributed by atoms with Crippen LogP contribution in [0.3, 0.4) is 0 Å². The summed E-state index contributed by atoms with van der Waals surface area (Å²) >= 11 is 0. The fourth-order valence-electron chi connectivity index (χ4n) is 4.18. The molecule has 0 bridgehead atoms. The van der Waals surface area contributed by atoms with Gasteiger partial charge < -0.3 is 9.15 Å². The molecule has 0 radical (unpaired) electrons. The third kappa shape index (κ3) is 6.25. The molecule has 34 heavy (non-hydrogen) atoms.